The number of aliphatic imine (C=N–C) groups is 1. The number of thiophene rings is 1. The summed E-state index contributed by atoms with van der Waals surface area (Å²) in [7, 11) is 0. The standard InChI is InChI=1S/C11H19N3S.HI/c1-8-6-15-7-9(8)5-13-10(12)14-11(2,3)4;/h6-7H,5H2,1-4H3,(H3,12,13,14);1H. The second kappa shape index (κ2) is 6.44. The SMILES string of the molecule is Cc1cscc1CN=C(N)NC(C)(C)C.I. The Morgan fingerprint density at radius 1 is 1.44 bits per heavy atom. The molecule has 0 aliphatic rings. The average Bonchev–Trinajstić information content (AvgIpc) is 2.44. The second-order valence-electron chi connectivity index (χ2n) is 4.66. The summed E-state index contributed by atoms with van der Waals surface area (Å²) in [5.74, 6) is 0.508. The van der Waals surface area contributed by atoms with Crippen molar-refractivity contribution in [2.75, 3.05) is 0 Å². The van der Waals surface area contributed by atoms with E-state index in [4.69, 9.17) is 5.73 Å². The van der Waals surface area contributed by atoms with Gasteiger partial charge in [-0.3, -0.25) is 0 Å². The highest BCUT2D eigenvalue weighted by molar-refractivity contribution is 14.0. The Bertz CT molecular complexity index is 352. The molecule has 3 N–H and O–H groups in total. The van der Waals surface area contributed by atoms with Crippen LogP contribution < -0.4 is 11.1 Å². The van der Waals surface area contributed by atoms with Gasteiger partial charge >= 0.3 is 0 Å². The summed E-state index contributed by atoms with van der Waals surface area (Å²) in [5, 5.41) is 7.37. The van der Waals surface area contributed by atoms with Gasteiger partial charge in [-0.05, 0) is 49.6 Å². The lowest BCUT2D eigenvalue weighted by Gasteiger charge is -2.20. The highest BCUT2D eigenvalue weighted by atomic mass is 127. The summed E-state index contributed by atoms with van der Waals surface area (Å²) in [6.07, 6.45) is 0. The van der Waals surface area contributed by atoms with E-state index in [0.29, 0.717) is 12.5 Å². The molecule has 0 aliphatic carbocycles. The van der Waals surface area contributed by atoms with Gasteiger partial charge in [0, 0.05) is 5.54 Å². The monoisotopic (exact) mass is 353 g/mol. The zero-order valence-electron chi connectivity index (χ0n) is 10.2. The lowest BCUT2D eigenvalue weighted by atomic mass is 10.1. The molecule has 92 valence electrons. The van der Waals surface area contributed by atoms with Gasteiger partial charge in [0.15, 0.2) is 5.96 Å². The third-order valence-electron chi connectivity index (χ3n) is 1.88. The van der Waals surface area contributed by atoms with Gasteiger partial charge in [-0.2, -0.15) is 11.3 Å². The number of halogens is 1. The van der Waals surface area contributed by atoms with Crippen molar-refractivity contribution >= 4 is 41.3 Å². The van der Waals surface area contributed by atoms with Crippen LogP contribution in [0.15, 0.2) is 15.8 Å². The van der Waals surface area contributed by atoms with Crippen molar-refractivity contribution in [2.45, 2.75) is 39.8 Å². The number of hydrogen-bond acceptors (Lipinski definition) is 2. The first-order chi connectivity index (χ1) is 6.88. The van der Waals surface area contributed by atoms with Crippen LogP contribution in [0.3, 0.4) is 0 Å². The molecule has 0 fully saturated rings. The van der Waals surface area contributed by atoms with Crippen LogP contribution in [0.5, 0.6) is 0 Å². The molecule has 0 unspecified atom stereocenters. The maximum absolute atomic E-state index is 5.77. The summed E-state index contributed by atoms with van der Waals surface area (Å²) >= 11 is 1.70. The molecule has 16 heavy (non-hydrogen) atoms. The summed E-state index contributed by atoms with van der Waals surface area (Å²) in [5.41, 5.74) is 8.27. The number of nitrogens with zero attached hydrogens (tertiary/aromatic N) is 1. The minimum atomic E-state index is -0.0305. The van der Waals surface area contributed by atoms with E-state index in [2.05, 4.69) is 48.8 Å². The molecule has 0 atom stereocenters. The van der Waals surface area contributed by atoms with Gasteiger partial charge in [0.25, 0.3) is 0 Å². The molecular formula is C11H20IN3S. The molecule has 0 saturated carbocycles. The molecule has 0 bridgehead atoms. The van der Waals surface area contributed by atoms with Gasteiger partial charge in [0.2, 0.25) is 0 Å². The Kier molecular flexibility index (Phi) is 6.32. The van der Waals surface area contributed by atoms with Crippen molar-refractivity contribution in [3.05, 3.63) is 21.9 Å². The number of aryl methyl sites for hydroxylation is 1. The molecular weight excluding hydrogens is 333 g/mol. The Morgan fingerprint density at radius 3 is 2.50 bits per heavy atom. The van der Waals surface area contributed by atoms with Crippen molar-refractivity contribution in [1.29, 1.82) is 0 Å². The molecule has 0 aliphatic heterocycles. The normalized spacial score (nSPS) is 12.1. The lowest BCUT2D eigenvalue weighted by Crippen LogP contribution is -2.44. The fourth-order valence-electron chi connectivity index (χ4n) is 1.14. The Hall–Kier alpha value is -0.300. The van der Waals surface area contributed by atoms with E-state index in [1.807, 2.05) is 0 Å². The van der Waals surface area contributed by atoms with Crippen LogP contribution in [0.4, 0.5) is 0 Å². The Labute approximate surface area is 119 Å². The highest BCUT2D eigenvalue weighted by Crippen LogP contribution is 2.14. The highest BCUT2D eigenvalue weighted by Gasteiger charge is 2.09. The second-order valence-corrected chi connectivity index (χ2v) is 5.40. The lowest BCUT2D eigenvalue weighted by molar-refractivity contribution is 0.508. The number of nitrogens with one attached hydrogen (secondary N) is 1. The molecule has 1 aromatic heterocycles. The summed E-state index contributed by atoms with van der Waals surface area (Å²) in [4.78, 5) is 4.30. The van der Waals surface area contributed by atoms with Crippen molar-refractivity contribution in [3.8, 4) is 0 Å². The van der Waals surface area contributed by atoms with Crippen molar-refractivity contribution in [1.82, 2.24) is 5.32 Å². The third kappa shape index (κ3) is 5.69. The van der Waals surface area contributed by atoms with Crippen LogP contribution in [-0.2, 0) is 6.54 Å². The predicted molar refractivity (Wildman–Crippen MR) is 82.7 cm³/mol. The number of nitrogens with two attached hydrogens (primary N) is 1. The van der Waals surface area contributed by atoms with Gasteiger partial charge < -0.3 is 11.1 Å². The van der Waals surface area contributed by atoms with E-state index in [1.54, 1.807) is 11.3 Å². The van der Waals surface area contributed by atoms with Crippen LogP contribution >= 0.6 is 35.3 Å². The van der Waals surface area contributed by atoms with Crippen LogP contribution in [0, 0.1) is 6.92 Å². The van der Waals surface area contributed by atoms with E-state index in [0.717, 1.165) is 0 Å². The number of guanidine groups is 1. The van der Waals surface area contributed by atoms with E-state index in [-0.39, 0.29) is 29.5 Å². The Morgan fingerprint density at radius 2 is 2.06 bits per heavy atom. The summed E-state index contributed by atoms with van der Waals surface area (Å²) < 4.78 is 0. The van der Waals surface area contributed by atoms with E-state index in [1.165, 1.54) is 11.1 Å². The molecule has 0 radical (unpaired) electrons. The quantitative estimate of drug-likeness (QED) is 0.488. The fraction of sp³-hybridized carbons (Fsp3) is 0.545. The van der Waals surface area contributed by atoms with Crippen LogP contribution in [-0.4, -0.2) is 11.5 Å². The first kappa shape index (κ1) is 15.7. The van der Waals surface area contributed by atoms with Gasteiger partial charge in [-0.1, -0.05) is 0 Å². The van der Waals surface area contributed by atoms with Gasteiger partial charge in [-0.15, -0.1) is 24.0 Å². The zero-order chi connectivity index (χ0) is 11.5. The molecule has 1 heterocycles. The number of rotatable bonds is 2. The molecule has 5 heteroatoms. The Balaban J connectivity index is 0.00000225. The van der Waals surface area contributed by atoms with Gasteiger partial charge in [0.05, 0.1) is 6.54 Å². The fourth-order valence-corrected chi connectivity index (χ4v) is 1.99. The van der Waals surface area contributed by atoms with Gasteiger partial charge in [-0.25, -0.2) is 4.99 Å². The topological polar surface area (TPSA) is 50.4 Å². The molecule has 0 aromatic carbocycles. The van der Waals surface area contributed by atoms with Crippen LogP contribution in [0.25, 0.3) is 0 Å². The molecule has 1 aromatic rings. The maximum Gasteiger partial charge on any atom is 0.189 e. The first-order valence-corrected chi connectivity index (χ1v) is 5.92. The largest absolute Gasteiger partial charge is 0.370 e. The smallest absolute Gasteiger partial charge is 0.189 e. The molecule has 1 rings (SSSR count). The summed E-state index contributed by atoms with van der Waals surface area (Å²) in [6.45, 7) is 8.93. The molecule has 0 spiro atoms. The molecule has 0 saturated heterocycles. The minimum absolute atomic E-state index is 0. The van der Waals surface area contributed by atoms with Crippen LogP contribution in [0.1, 0.15) is 31.9 Å². The summed E-state index contributed by atoms with van der Waals surface area (Å²) in [6, 6.07) is 0. The predicted octanol–water partition coefficient (Wildman–Crippen LogP) is 2.88. The molecule has 0 amide bonds. The van der Waals surface area contributed by atoms with Crippen molar-refractivity contribution < 1.29 is 0 Å². The van der Waals surface area contributed by atoms with Crippen molar-refractivity contribution in [2.24, 2.45) is 10.7 Å². The first-order valence-electron chi connectivity index (χ1n) is 4.98. The van der Waals surface area contributed by atoms with Gasteiger partial charge in [0.1, 0.15) is 0 Å². The maximum atomic E-state index is 5.77. The zero-order valence-corrected chi connectivity index (χ0v) is 13.3. The third-order valence-corrected chi connectivity index (χ3v) is 2.79. The van der Waals surface area contributed by atoms with E-state index in [9.17, 15) is 0 Å². The average molecular weight is 353 g/mol. The van der Waals surface area contributed by atoms with E-state index < -0.39 is 0 Å². The van der Waals surface area contributed by atoms with E-state index >= 15 is 0 Å². The minimum Gasteiger partial charge on any atom is -0.370 e. The number of hydrogen-bond donors (Lipinski definition) is 2. The molecule has 3 nitrogen and oxygen atoms in total. The van der Waals surface area contributed by atoms with Crippen LogP contribution in [0.2, 0.25) is 0 Å². The van der Waals surface area contributed by atoms with Crippen molar-refractivity contribution in [3.63, 3.8) is 0 Å².